The van der Waals surface area contributed by atoms with Crippen molar-refractivity contribution in [3.63, 3.8) is 0 Å². The number of piperidine rings is 1. The van der Waals surface area contributed by atoms with Crippen LogP contribution in [-0.2, 0) is 4.79 Å². The Morgan fingerprint density at radius 1 is 1.58 bits per heavy atom. The first kappa shape index (κ1) is 9.10. The van der Waals surface area contributed by atoms with Gasteiger partial charge in [0.05, 0.1) is 0 Å². The molecule has 0 aromatic rings. The SMILES string of the molecule is C=C(C)N1CCCCC1C(N)=O. The van der Waals surface area contributed by atoms with Gasteiger partial charge in [-0.3, -0.25) is 4.79 Å². The molecule has 3 heteroatoms. The number of nitrogens with two attached hydrogens (primary N) is 1. The minimum atomic E-state index is -0.224. The first-order valence-electron chi connectivity index (χ1n) is 4.34. The maximum absolute atomic E-state index is 11.0. The molecule has 0 radical (unpaired) electrons. The number of likely N-dealkylation sites (tertiary alicyclic amines) is 1. The van der Waals surface area contributed by atoms with E-state index in [9.17, 15) is 4.79 Å². The number of carbonyl (C=O) groups is 1. The molecular weight excluding hydrogens is 152 g/mol. The summed E-state index contributed by atoms with van der Waals surface area (Å²) in [5, 5.41) is 0. The van der Waals surface area contributed by atoms with Crippen LogP contribution in [0.1, 0.15) is 26.2 Å². The second-order valence-electron chi connectivity index (χ2n) is 3.34. The van der Waals surface area contributed by atoms with Gasteiger partial charge in [-0.15, -0.1) is 0 Å². The van der Waals surface area contributed by atoms with Crippen molar-refractivity contribution >= 4 is 5.91 Å². The average molecular weight is 168 g/mol. The van der Waals surface area contributed by atoms with E-state index < -0.39 is 0 Å². The van der Waals surface area contributed by atoms with Crippen LogP contribution in [0.15, 0.2) is 12.3 Å². The molecule has 1 amide bonds. The molecule has 2 N–H and O–H groups in total. The van der Waals surface area contributed by atoms with E-state index >= 15 is 0 Å². The average Bonchev–Trinajstić information content (AvgIpc) is 2.04. The molecule has 0 saturated carbocycles. The quantitative estimate of drug-likeness (QED) is 0.664. The second kappa shape index (κ2) is 3.61. The van der Waals surface area contributed by atoms with Crippen molar-refractivity contribution in [2.75, 3.05) is 6.54 Å². The lowest BCUT2D eigenvalue weighted by molar-refractivity contribution is -0.123. The highest BCUT2D eigenvalue weighted by Gasteiger charge is 2.25. The Kier molecular flexibility index (Phi) is 2.74. The number of nitrogens with zero attached hydrogens (tertiary/aromatic N) is 1. The largest absolute Gasteiger partial charge is 0.368 e. The fourth-order valence-electron chi connectivity index (χ4n) is 1.68. The monoisotopic (exact) mass is 168 g/mol. The number of primary amides is 1. The number of carbonyl (C=O) groups excluding carboxylic acids is 1. The van der Waals surface area contributed by atoms with E-state index in [0.717, 1.165) is 31.5 Å². The van der Waals surface area contributed by atoms with Crippen LogP contribution in [0, 0.1) is 0 Å². The van der Waals surface area contributed by atoms with Gasteiger partial charge in [0.25, 0.3) is 0 Å². The van der Waals surface area contributed by atoms with Crippen molar-refractivity contribution in [2.24, 2.45) is 5.73 Å². The van der Waals surface area contributed by atoms with Gasteiger partial charge in [0.15, 0.2) is 0 Å². The van der Waals surface area contributed by atoms with Gasteiger partial charge in [0, 0.05) is 12.2 Å². The third-order valence-electron chi connectivity index (χ3n) is 2.32. The van der Waals surface area contributed by atoms with E-state index in [1.165, 1.54) is 0 Å². The minimum absolute atomic E-state index is 0.115. The van der Waals surface area contributed by atoms with Crippen molar-refractivity contribution in [1.29, 1.82) is 0 Å². The van der Waals surface area contributed by atoms with E-state index in [1.807, 2.05) is 11.8 Å². The summed E-state index contributed by atoms with van der Waals surface area (Å²) >= 11 is 0. The maximum atomic E-state index is 11.0. The van der Waals surface area contributed by atoms with Crippen LogP contribution in [-0.4, -0.2) is 23.4 Å². The van der Waals surface area contributed by atoms with E-state index in [-0.39, 0.29) is 11.9 Å². The molecule has 0 aromatic heterocycles. The lowest BCUT2D eigenvalue weighted by atomic mass is 10.0. The number of rotatable bonds is 2. The fraction of sp³-hybridized carbons (Fsp3) is 0.667. The van der Waals surface area contributed by atoms with Crippen molar-refractivity contribution in [2.45, 2.75) is 32.2 Å². The van der Waals surface area contributed by atoms with Crippen molar-refractivity contribution in [1.82, 2.24) is 4.90 Å². The summed E-state index contributed by atoms with van der Waals surface area (Å²) in [7, 11) is 0. The van der Waals surface area contributed by atoms with Gasteiger partial charge >= 0.3 is 0 Å². The summed E-state index contributed by atoms with van der Waals surface area (Å²) in [4.78, 5) is 13.0. The Hall–Kier alpha value is -0.990. The third kappa shape index (κ3) is 1.78. The molecule has 1 aliphatic rings. The Morgan fingerprint density at radius 2 is 2.25 bits per heavy atom. The zero-order chi connectivity index (χ0) is 9.14. The molecule has 12 heavy (non-hydrogen) atoms. The molecular formula is C9H16N2O. The zero-order valence-corrected chi connectivity index (χ0v) is 7.55. The predicted molar refractivity (Wildman–Crippen MR) is 48.4 cm³/mol. The molecule has 0 aromatic carbocycles. The van der Waals surface area contributed by atoms with Crippen LogP contribution in [0.4, 0.5) is 0 Å². The lowest BCUT2D eigenvalue weighted by Crippen LogP contribution is -2.46. The number of amides is 1. The van der Waals surface area contributed by atoms with Crippen LogP contribution in [0.2, 0.25) is 0 Å². The number of allylic oxidation sites excluding steroid dienone is 1. The van der Waals surface area contributed by atoms with Crippen LogP contribution in [0.5, 0.6) is 0 Å². The molecule has 1 unspecified atom stereocenters. The van der Waals surface area contributed by atoms with E-state index in [1.54, 1.807) is 0 Å². The first-order valence-corrected chi connectivity index (χ1v) is 4.34. The van der Waals surface area contributed by atoms with Gasteiger partial charge in [-0.05, 0) is 26.2 Å². The van der Waals surface area contributed by atoms with Crippen molar-refractivity contribution in [3.8, 4) is 0 Å². The Bertz CT molecular complexity index is 179. The van der Waals surface area contributed by atoms with Crippen LogP contribution in [0.25, 0.3) is 0 Å². The van der Waals surface area contributed by atoms with E-state index in [4.69, 9.17) is 5.73 Å². The molecule has 0 aliphatic carbocycles. The van der Waals surface area contributed by atoms with Crippen LogP contribution in [0.3, 0.4) is 0 Å². The Morgan fingerprint density at radius 3 is 2.67 bits per heavy atom. The summed E-state index contributed by atoms with van der Waals surface area (Å²) in [6.07, 6.45) is 3.11. The molecule has 1 heterocycles. The smallest absolute Gasteiger partial charge is 0.240 e. The van der Waals surface area contributed by atoms with Gasteiger partial charge < -0.3 is 10.6 Å². The van der Waals surface area contributed by atoms with Gasteiger partial charge in [-0.2, -0.15) is 0 Å². The second-order valence-corrected chi connectivity index (χ2v) is 3.34. The fourth-order valence-corrected chi connectivity index (χ4v) is 1.68. The summed E-state index contributed by atoms with van der Waals surface area (Å²) in [6, 6.07) is -0.115. The number of hydrogen-bond donors (Lipinski definition) is 1. The molecule has 1 atom stereocenters. The standard InChI is InChI=1S/C9H16N2O/c1-7(2)11-6-4-3-5-8(11)9(10)12/h8H,1,3-6H2,2H3,(H2,10,12). The van der Waals surface area contributed by atoms with E-state index in [0.29, 0.717) is 0 Å². The van der Waals surface area contributed by atoms with Crippen molar-refractivity contribution < 1.29 is 4.79 Å². The molecule has 0 spiro atoms. The highest BCUT2D eigenvalue weighted by Crippen LogP contribution is 2.19. The molecule has 68 valence electrons. The molecule has 1 aliphatic heterocycles. The Balaban J connectivity index is 2.67. The predicted octanol–water partition coefficient (Wildman–Crippen LogP) is 0.860. The highest BCUT2D eigenvalue weighted by atomic mass is 16.1. The van der Waals surface area contributed by atoms with Crippen molar-refractivity contribution in [3.05, 3.63) is 12.3 Å². The molecule has 1 rings (SSSR count). The Labute approximate surface area is 73.2 Å². The molecule has 3 nitrogen and oxygen atoms in total. The third-order valence-corrected chi connectivity index (χ3v) is 2.32. The normalized spacial score (nSPS) is 23.8. The topological polar surface area (TPSA) is 46.3 Å². The zero-order valence-electron chi connectivity index (χ0n) is 7.55. The highest BCUT2D eigenvalue weighted by molar-refractivity contribution is 5.80. The van der Waals surface area contributed by atoms with Crippen LogP contribution < -0.4 is 5.73 Å². The lowest BCUT2D eigenvalue weighted by Gasteiger charge is -2.35. The van der Waals surface area contributed by atoms with Gasteiger partial charge in [0.2, 0.25) is 5.91 Å². The molecule has 1 saturated heterocycles. The summed E-state index contributed by atoms with van der Waals surface area (Å²) < 4.78 is 0. The van der Waals surface area contributed by atoms with Crippen LogP contribution >= 0.6 is 0 Å². The minimum Gasteiger partial charge on any atom is -0.368 e. The van der Waals surface area contributed by atoms with Gasteiger partial charge in [-0.25, -0.2) is 0 Å². The van der Waals surface area contributed by atoms with Gasteiger partial charge in [-0.1, -0.05) is 6.58 Å². The summed E-state index contributed by atoms with van der Waals surface area (Å²) in [5.41, 5.74) is 6.22. The first-order chi connectivity index (χ1) is 5.63. The van der Waals surface area contributed by atoms with E-state index in [2.05, 4.69) is 6.58 Å². The number of hydrogen-bond acceptors (Lipinski definition) is 2. The summed E-state index contributed by atoms with van der Waals surface area (Å²) in [5.74, 6) is -0.224. The molecule has 1 fully saturated rings. The maximum Gasteiger partial charge on any atom is 0.240 e. The summed E-state index contributed by atoms with van der Waals surface area (Å²) in [6.45, 7) is 6.67. The van der Waals surface area contributed by atoms with Gasteiger partial charge in [0.1, 0.15) is 6.04 Å². The molecule has 0 bridgehead atoms.